The Hall–Kier alpha value is -1.93. The molecule has 0 spiro atoms. The number of furan rings is 1. The minimum absolute atomic E-state index is 0.737. The van der Waals surface area contributed by atoms with E-state index in [0.29, 0.717) is 0 Å². The highest BCUT2D eigenvalue weighted by molar-refractivity contribution is 6.30. The fraction of sp³-hybridized carbons (Fsp3) is 0.176. The molecule has 0 bridgehead atoms. The summed E-state index contributed by atoms with van der Waals surface area (Å²) in [5, 5.41) is 5.33. The molecule has 2 nitrogen and oxygen atoms in total. The quantitative estimate of drug-likeness (QED) is 0.707. The summed E-state index contributed by atoms with van der Waals surface area (Å²) in [7, 11) is 0. The molecule has 0 aliphatic rings. The maximum absolute atomic E-state index is 6.00. The smallest absolute Gasteiger partial charge is 0.134 e. The second-order valence-corrected chi connectivity index (χ2v) is 5.15. The first-order valence-corrected chi connectivity index (χ1v) is 7.14. The van der Waals surface area contributed by atoms with Gasteiger partial charge in [-0.1, -0.05) is 42.8 Å². The Bertz CT molecular complexity index is 733. The van der Waals surface area contributed by atoms with Gasteiger partial charge in [0.05, 0.1) is 0 Å². The number of hydrogen-bond acceptors (Lipinski definition) is 2. The van der Waals surface area contributed by atoms with Crippen LogP contribution in [0.15, 0.2) is 52.9 Å². The zero-order valence-electron chi connectivity index (χ0n) is 11.3. The number of aryl methyl sites for hydroxylation is 1. The molecule has 0 fully saturated rings. The van der Waals surface area contributed by atoms with E-state index < -0.39 is 0 Å². The lowest BCUT2D eigenvalue weighted by molar-refractivity contribution is 0.551. The predicted molar refractivity (Wildman–Crippen MR) is 84.4 cm³/mol. The van der Waals surface area contributed by atoms with E-state index in [4.69, 9.17) is 16.0 Å². The minimum atomic E-state index is 0.737. The molecule has 0 radical (unpaired) electrons. The SMILES string of the molecule is CCc1oc2ccccc2c1CNc1cccc(Cl)c1. The number of anilines is 1. The lowest BCUT2D eigenvalue weighted by atomic mass is 10.1. The van der Waals surface area contributed by atoms with Gasteiger partial charge in [0.2, 0.25) is 0 Å². The number of nitrogens with one attached hydrogen (secondary N) is 1. The van der Waals surface area contributed by atoms with Gasteiger partial charge in [0.25, 0.3) is 0 Å². The van der Waals surface area contributed by atoms with Gasteiger partial charge < -0.3 is 9.73 Å². The van der Waals surface area contributed by atoms with Crippen molar-refractivity contribution in [2.24, 2.45) is 0 Å². The molecule has 1 heterocycles. The molecule has 1 aromatic heterocycles. The van der Waals surface area contributed by atoms with Crippen LogP contribution in [0.25, 0.3) is 11.0 Å². The van der Waals surface area contributed by atoms with E-state index in [1.807, 2.05) is 42.5 Å². The Labute approximate surface area is 123 Å². The van der Waals surface area contributed by atoms with Gasteiger partial charge >= 0.3 is 0 Å². The summed E-state index contributed by atoms with van der Waals surface area (Å²) in [4.78, 5) is 0. The first kappa shape index (κ1) is 13.1. The molecule has 0 aliphatic heterocycles. The van der Waals surface area contributed by atoms with Gasteiger partial charge in [-0.15, -0.1) is 0 Å². The molecule has 0 saturated carbocycles. The van der Waals surface area contributed by atoms with Crippen molar-refractivity contribution < 1.29 is 4.42 Å². The zero-order chi connectivity index (χ0) is 13.9. The van der Waals surface area contributed by atoms with Crippen molar-refractivity contribution in [3.63, 3.8) is 0 Å². The third-order valence-corrected chi connectivity index (χ3v) is 3.63. The highest BCUT2D eigenvalue weighted by Crippen LogP contribution is 2.27. The fourth-order valence-electron chi connectivity index (χ4n) is 2.42. The molecule has 1 N–H and O–H groups in total. The van der Waals surface area contributed by atoms with Crippen LogP contribution < -0.4 is 5.32 Å². The van der Waals surface area contributed by atoms with Crippen LogP contribution >= 0.6 is 11.6 Å². The van der Waals surface area contributed by atoms with Crippen molar-refractivity contribution >= 4 is 28.3 Å². The molecule has 0 aliphatic carbocycles. The van der Waals surface area contributed by atoms with Crippen LogP contribution in [0.3, 0.4) is 0 Å². The summed E-state index contributed by atoms with van der Waals surface area (Å²) >= 11 is 6.00. The van der Waals surface area contributed by atoms with Gasteiger partial charge in [0.15, 0.2) is 0 Å². The maximum Gasteiger partial charge on any atom is 0.134 e. The number of para-hydroxylation sites is 1. The van der Waals surface area contributed by atoms with Crippen LogP contribution in [-0.2, 0) is 13.0 Å². The molecule has 20 heavy (non-hydrogen) atoms. The van der Waals surface area contributed by atoms with E-state index in [1.165, 1.54) is 10.9 Å². The van der Waals surface area contributed by atoms with Gasteiger partial charge in [0, 0.05) is 34.6 Å². The molecule has 0 atom stereocenters. The molecule has 102 valence electrons. The van der Waals surface area contributed by atoms with Crippen LogP contribution in [0.2, 0.25) is 5.02 Å². The van der Waals surface area contributed by atoms with Gasteiger partial charge in [-0.25, -0.2) is 0 Å². The highest BCUT2D eigenvalue weighted by atomic mass is 35.5. The van der Waals surface area contributed by atoms with E-state index in [1.54, 1.807) is 0 Å². The van der Waals surface area contributed by atoms with Gasteiger partial charge in [-0.3, -0.25) is 0 Å². The second-order valence-electron chi connectivity index (χ2n) is 4.72. The summed E-state index contributed by atoms with van der Waals surface area (Å²) in [6, 6.07) is 15.9. The number of hydrogen-bond donors (Lipinski definition) is 1. The molecular weight excluding hydrogens is 270 g/mol. The monoisotopic (exact) mass is 285 g/mol. The van der Waals surface area contributed by atoms with Gasteiger partial charge in [-0.2, -0.15) is 0 Å². The third-order valence-electron chi connectivity index (χ3n) is 3.40. The van der Waals surface area contributed by atoms with E-state index in [2.05, 4.69) is 18.3 Å². The van der Waals surface area contributed by atoms with Crippen LogP contribution in [-0.4, -0.2) is 0 Å². The van der Waals surface area contributed by atoms with Gasteiger partial charge in [-0.05, 0) is 24.3 Å². The molecule has 2 aromatic carbocycles. The molecule has 3 heteroatoms. The van der Waals surface area contributed by atoms with Crippen molar-refractivity contribution in [3.8, 4) is 0 Å². The summed E-state index contributed by atoms with van der Waals surface area (Å²) in [6.07, 6.45) is 0.890. The average Bonchev–Trinajstić information content (AvgIpc) is 2.83. The van der Waals surface area contributed by atoms with Crippen molar-refractivity contribution in [2.75, 3.05) is 5.32 Å². The second kappa shape index (κ2) is 5.59. The maximum atomic E-state index is 6.00. The first-order chi connectivity index (χ1) is 9.78. The minimum Gasteiger partial charge on any atom is -0.461 e. The zero-order valence-corrected chi connectivity index (χ0v) is 12.1. The molecular formula is C17H16ClNO. The molecule has 0 saturated heterocycles. The molecule has 0 unspecified atom stereocenters. The van der Waals surface area contributed by atoms with Crippen molar-refractivity contribution in [3.05, 3.63) is 64.9 Å². The standard InChI is InChI=1S/C17H16ClNO/c1-2-16-15(14-8-3-4-9-17(14)20-16)11-19-13-7-5-6-12(18)10-13/h3-10,19H,2,11H2,1H3. The van der Waals surface area contributed by atoms with E-state index in [0.717, 1.165) is 35.0 Å². The Morgan fingerprint density at radius 3 is 2.75 bits per heavy atom. The van der Waals surface area contributed by atoms with Crippen molar-refractivity contribution in [1.29, 1.82) is 0 Å². The lowest BCUT2D eigenvalue weighted by Gasteiger charge is -2.07. The van der Waals surface area contributed by atoms with Gasteiger partial charge in [0.1, 0.15) is 11.3 Å². The van der Waals surface area contributed by atoms with E-state index >= 15 is 0 Å². The summed E-state index contributed by atoms with van der Waals surface area (Å²) < 4.78 is 5.89. The van der Waals surface area contributed by atoms with Crippen molar-refractivity contribution in [2.45, 2.75) is 19.9 Å². The number of fused-ring (bicyclic) bond motifs is 1. The Morgan fingerprint density at radius 2 is 1.95 bits per heavy atom. The number of rotatable bonds is 4. The van der Waals surface area contributed by atoms with Crippen LogP contribution in [0.1, 0.15) is 18.2 Å². The Balaban J connectivity index is 1.90. The predicted octanol–water partition coefficient (Wildman–Crippen LogP) is 5.26. The molecule has 3 aromatic rings. The average molecular weight is 286 g/mol. The Morgan fingerprint density at radius 1 is 1.10 bits per heavy atom. The van der Waals surface area contributed by atoms with E-state index in [-0.39, 0.29) is 0 Å². The largest absolute Gasteiger partial charge is 0.461 e. The van der Waals surface area contributed by atoms with Crippen LogP contribution in [0.4, 0.5) is 5.69 Å². The number of halogens is 1. The highest BCUT2D eigenvalue weighted by Gasteiger charge is 2.11. The topological polar surface area (TPSA) is 25.2 Å². The van der Waals surface area contributed by atoms with E-state index in [9.17, 15) is 0 Å². The fourth-order valence-corrected chi connectivity index (χ4v) is 2.61. The molecule has 0 amide bonds. The Kier molecular flexibility index (Phi) is 3.66. The van der Waals surface area contributed by atoms with Crippen molar-refractivity contribution in [1.82, 2.24) is 0 Å². The molecule has 3 rings (SSSR count). The van der Waals surface area contributed by atoms with Crippen LogP contribution in [0, 0.1) is 0 Å². The summed E-state index contributed by atoms with van der Waals surface area (Å²) in [5.74, 6) is 1.04. The first-order valence-electron chi connectivity index (χ1n) is 6.76. The normalized spacial score (nSPS) is 10.9. The summed E-state index contributed by atoms with van der Waals surface area (Å²) in [5.41, 5.74) is 3.19. The summed E-state index contributed by atoms with van der Waals surface area (Å²) in [6.45, 7) is 2.85. The number of benzene rings is 2. The third kappa shape index (κ3) is 2.52. The lowest BCUT2D eigenvalue weighted by Crippen LogP contribution is -2.00. The van der Waals surface area contributed by atoms with Crippen LogP contribution in [0.5, 0.6) is 0 Å².